The lowest BCUT2D eigenvalue weighted by molar-refractivity contribution is 0.0566. The van der Waals surface area contributed by atoms with Gasteiger partial charge in [-0.1, -0.05) is 0 Å². The Kier molecular flexibility index (Phi) is 5.82. The molecule has 5 nitrogen and oxygen atoms in total. The fraction of sp³-hybridized carbons (Fsp3) is 0.688. The number of ether oxygens (including phenoxy) is 1. The molecule has 0 aromatic carbocycles. The van der Waals surface area contributed by atoms with Crippen LogP contribution in [0.2, 0.25) is 0 Å². The third-order valence-corrected chi connectivity index (χ3v) is 4.24. The van der Waals surface area contributed by atoms with Gasteiger partial charge in [0.15, 0.2) is 0 Å². The zero-order valence-electron chi connectivity index (χ0n) is 13.3. The number of methoxy groups -OCH3 is 1. The first kappa shape index (κ1) is 16.0. The Bertz CT molecular complexity index is 452. The van der Waals surface area contributed by atoms with E-state index in [1.165, 1.54) is 0 Å². The number of amides is 1. The average molecular weight is 293 g/mol. The van der Waals surface area contributed by atoms with Crippen molar-refractivity contribution >= 4 is 5.91 Å². The molecule has 0 bridgehead atoms. The number of hydrogen-bond donors (Lipinski definition) is 1. The van der Waals surface area contributed by atoms with Crippen LogP contribution in [0.5, 0.6) is 0 Å². The fourth-order valence-corrected chi connectivity index (χ4v) is 3.11. The molecule has 118 valence electrons. The standard InChI is InChI=1S/C16H27N3O2/c1-4-18(13(2)12-21-3)16(20)15-6-5-11-19(15)14-7-9-17-10-8-14/h5-6,11,13-14,17H,4,7-10,12H2,1-3H3. The van der Waals surface area contributed by atoms with E-state index in [-0.39, 0.29) is 11.9 Å². The summed E-state index contributed by atoms with van der Waals surface area (Å²) in [5.74, 6) is 0.102. The molecule has 2 rings (SSSR count). The van der Waals surface area contributed by atoms with Crippen LogP contribution in [0.25, 0.3) is 0 Å². The topological polar surface area (TPSA) is 46.5 Å². The predicted molar refractivity (Wildman–Crippen MR) is 83.6 cm³/mol. The normalized spacial score (nSPS) is 17.7. The number of aromatic nitrogens is 1. The molecule has 2 heterocycles. The second-order valence-electron chi connectivity index (χ2n) is 5.68. The molecule has 0 spiro atoms. The summed E-state index contributed by atoms with van der Waals surface area (Å²) in [5.41, 5.74) is 0.798. The van der Waals surface area contributed by atoms with Gasteiger partial charge in [-0.25, -0.2) is 0 Å². The van der Waals surface area contributed by atoms with Crippen LogP contribution < -0.4 is 5.32 Å². The van der Waals surface area contributed by atoms with E-state index in [0.29, 0.717) is 19.2 Å². The number of likely N-dealkylation sites (N-methyl/N-ethyl adjacent to an activating group) is 1. The minimum Gasteiger partial charge on any atom is -0.383 e. The molecule has 1 aromatic rings. The minimum absolute atomic E-state index is 0.0869. The monoisotopic (exact) mass is 293 g/mol. The number of piperidine rings is 1. The highest BCUT2D eigenvalue weighted by Gasteiger charge is 2.25. The van der Waals surface area contributed by atoms with Crippen molar-refractivity contribution < 1.29 is 9.53 Å². The summed E-state index contributed by atoms with van der Waals surface area (Å²) >= 11 is 0. The second-order valence-corrected chi connectivity index (χ2v) is 5.68. The van der Waals surface area contributed by atoms with Gasteiger partial charge in [0.2, 0.25) is 0 Å². The highest BCUT2D eigenvalue weighted by Crippen LogP contribution is 2.22. The first-order chi connectivity index (χ1) is 10.2. The van der Waals surface area contributed by atoms with Crippen LogP contribution in [-0.4, -0.2) is 54.8 Å². The van der Waals surface area contributed by atoms with Crippen molar-refractivity contribution in [3.8, 4) is 0 Å². The molecular formula is C16H27N3O2. The molecule has 0 aliphatic carbocycles. The molecule has 1 amide bonds. The van der Waals surface area contributed by atoms with E-state index in [4.69, 9.17) is 4.74 Å². The van der Waals surface area contributed by atoms with Gasteiger partial charge in [0.1, 0.15) is 5.69 Å². The van der Waals surface area contributed by atoms with Gasteiger partial charge < -0.3 is 19.5 Å². The molecule has 1 fully saturated rings. The summed E-state index contributed by atoms with van der Waals surface area (Å²) in [7, 11) is 1.67. The van der Waals surface area contributed by atoms with E-state index in [1.54, 1.807) is 7.11 Å². The summed E-state index contributed by atoms with van der Waals surface area (Å²) in [6.07, 6.45) is 4.20. The number of nitrogens with zero attached hydrogens (tertiary/aromatic N) is 2. The summed E-state index contributed by atoms with van der Waals surface area (Å²) in [6, 6.07) is 4.43. The van der Waals surface area contributed by atoms with Crippen molar-refractivity contribution in [2.45, 2.75) is 38.8 Å². The molecule has 1 atom stereocenters. The molecule has 0 saturated carbocycles. The van der Waals surface area contributed by atoms with Crippen molar-refractivity contribution in [1.29, 1.82) is 0 Å². The maximum Gasteiger partial charge on any atom is 0.270 e. The number of nitrogens with one attached hydrogen (secondary N) is 1. The second kappa shape index (κ2) is 7.61. The first-order valence-corrected chi connectivity index (χ1v) is 7.86. The van der Waals surface area contributed by atoms with Crippen LogP contribution >= 0.6 is 0 Å². The van der Waals surface area contributed by atoms with Crippen LogP contribution in [0.4, 0.5) is 0 Å². The summed E-state index contributed by atoms with van der Waals surface area (Å²) < 4.78 is 7.35. The lowest BCUT2D eigenvalue weighted by atomic mass is 10.1. The number of carbonyl (C=O) groups excluding carboxylic acids is 1. The third kappa shape index (κ3) is 3.66. The van der Waals surface area contributed by atoms with E-state index in [9.17, 15) is 4.79 Å². The van der Waals surface area contributed by atoms with Crippen LogP contribution in [-0.2, 0) is 4.74 Å². The van der Waals surface area contributed by atoms with E-state index in [0.717, 1.165) is 31.6 Å². The van der Waals surface area contributed by atoms with Gasteiger partial charge in [0.25, 0.3) is 5.91 Å². The van der Waals surface area contributed by atoms with Crippen LogP contribution in [0.1, 0.15) is 43.2 Å². The van der Waals surface area contributed by atoms with Gasteiger partial charge in [0.05, 0.1) is 12.6 Å². The number of carbonyl (C=O) groups is 1. The Morgan fingerprint density at radius 2 is 2.24 bits per heavy atom. The SMILES string of the molecule is CCN(C(=O)c1cccn1C1CCNCC1)C(C)COC. The highest BCUT2D eigenvalue weighted by molar-refractivity contribution is 5.93. The third-order valence-electron chi connectivity index (χ3n) is 4.24. The van der Waals surface area contributed by atoms with Gasteiger partial charge in [-0.2, -0.15) is 0 Å². The lowest BCUT2D eigenvalue weighted by Crippen LogP contribution is -2.42. The molecule has 1 N–H and O–H groups in total. The molecule has 1 aliphatic rings. The Labute approximate surface area is 127 Å². The molecule has 1 saturated heterocycles. The van der Waals surface area contributed by atoms with Gasteiger partial charge in [-0.15, -0.1) is 0 Å². The first-order valence-electron chi connectivity index (χ1n) is 7.86. The van der Waals surface area contributed by atoms with Crippen molar-refractivity contribution in [3.63, 3.8) is 0 Å². The van der Waals surface area contributed by atoms with E-state index < -0.39 is 0 Å². The van der Waals surface area contributed by atoms with Gasteiger partial charge in [-0.3, -0.25) is 4.79 Å². The minimum atomic E-state index is 0.0869. The highest BCUT2D eigenvalue weighted by atomic mass is 16.5. The van der Waals surface area contributed by atoms with Crippen molar-refractivity contribution in [2.24, 2.45) is 0 Å². The Hall–Kier alpha value is -1.33. The summed E-state index contributed by atoms with van der Waals surface area (Å²) in [6.45, 7) is 7.35. The van der Waals surface area contributed by atoms with E-state index >= 15 is 0 Å². The van der Waals surface area contributed by atoms with E-state index in [1.807, 2.05) is 37.1 Å². The van der Waals surface area contributed by atoms with Gasteiger partial charge >= 0.3 is 0 Å². The van der Waals surface area contributed by atoms with Gasteiger partial charge in [-0.05, 0) is 51.9 Å². The molecular weight excluding hydrogens is 266 g/mol. The molecule has 1 aromatic heterocycles. The number of rotatable bonds is 6. The molecule has 1 aliphatic heterocycles. The van der Waals surface area contributed by atoms with Crippen LogP contribution in [0, 0.1) is 0 Å². The Morgan fingerprint density at radius 1 is 1.52 bits per heavy atom. The molecule has 0 radical (unpaired) electrons. The zero-order chi connectivity index (χ0) is 15.2. The Balaban J connectivity index is 2.16. The summed E-state index contributed by atoms with van der Waals surface area (Å²) in [5, 5.41) is 3.37. The maximum absolute atomic E-state index is 12.9. The van der Waals surface area contributed by atoms with Crippen molar-refractivity contribution in [3.05, 3.63) is 24.0 Å². The lowest BCUT2D eigenvalue weighted by Gasteiger charge is -2.30. The summed E-state index contributed by atoms with van der Waals surface area (Å²) in [4.78, 5) is 14.7. The molecule has 21 heavy (non-hydrogen) atoms. The smallest absolute Gasteiger partial charge is 0.270 e. The van der Waals surface area contributed by atoms with Gasteiger partial charge in [0, 0.05) is 25.9 Å². The van der Waals surface area contributed by atoms with Crippen molar-refractivity contribution in [1.82, 2.24) is 14.8 Å². The zero-order valence-corrected chi connectivity index (χ0v) is 13.3. The van der Waals surface area contributed by atoms with E-state index in [2.05, 4.69) is 9.88 Å². The molecule has 1 unspecified atom stereocenters. The number of hydrogen-bond acceptors (Lipinski definition) is 3. The van der Waals surface area contributed by atoms with Crippen LogP contribution in [0.3, 0.4) is 0 Å². The van der Waals surface area contributed by atoms with Crippen LogP contribution in [0.15, 0.2) is 18.3 Å². The molecule has 5 heteroatoms. The predicted octanol–water partition coefficient (Wildman–Crippen LogP) is 1.91. The maximum atomic E-state index is 12.9. The quantitative estimate of drug-likeness (QED) is 0.871. The fourth-order valence-electron chi connectivity index (χ4n) is 3.11. The largest absolute Gasteiger partial charge is 0.383 e. The van der Waals surface area contributed by atoms with Crippen molar-refractivity contribution in [2.75, 3.05) is 33.4 Å². The average Bonchev–Trinajstić information content (AvgIpc) is 2.98. The Morgan fingerprint density at radius 3 is 2.86 bits per heavy atom.